The van der Waals surface area contributed by atoms with Crippen molar-refractivity contribution in [1.82, 2.24) is 9.97 Å². The Hall–Kier alpha value is -2.63. The number of methoxy groups -OCH3 is 1. The minimum atomic E-state index is -0.880. The van der Waals surface area contributed by atoms with Gasteiger partial charge in [-0.15, -0.1) is 0 Å². The van der Waals surface area contributed by atoms with E-state index in [9.17, 15) is 9.90 Å². The summed E-state index contributed by atoms with van der Waals surface area (Å²) in [4.78, 5) is 19.0. The van der Waals surface area contributed by atoms with Gasteiger partial charge >= 0.3 is 5.97 Å². The number of benzene rings is 1. The Morgan fingerprint density at radius 2 is 2.00 bits per heavy atom. The van der Waals surface area contributed by atoms with Crippen LogP contribution in [-0.4, -0.2) is 33.3 Å². The highest BCUT2D eigenvalue weighted by molar-refractivity contribution is 5.67. The van der Waals surface area contributed by atoms with E-state index in [1.165, 1.54) is 7.11 Å². The lowest BCUT2D eigenvalue weighted by Crippen LogP contribution is -2.03. The molecule has 20 heavy (non-hydrogen) atoms. The van der Waals surface area contributed by atoms with Crippen molar-refractivity contribution in [3.05, 3.63) is 36.0 Å². The van der Waals surface area contributed by atoms with Gasteiger partial charge in [0.2, 0.25) is 5.88 Å². The van der Waals surface area contributed by atoms with E-state index in [4.69, 9.17) is 9.84 Å². The zero-order valence-electron chi connectivity index (χ0n) is 10.9. The number of aryl methyl sites for hydroxylation is 1. The quantitative estimate of drug-likeness (QED) is 0.864. The first kappa shape index (κ1) is 13.8. The number of ether oxygens (including phenoxy) is 1. The maximum atomic E-state index is 10.6. The molecular weight excluding hydrogens is 260 g/mol. The summed E-state index contributed by atoms with van der Waals surface area (Å²) in [6.07, 6.45) is 1.88. The summed E-state index contributed by atoms with van der Waals surface area (Å²) in [6, 6.07) is 6.48. The second-order valence-electron chi connectivity index (χ2n) is 4.17. The second-order valence-corrected chi connectivity index (χ2v) is 4.17. The average Bonchev–Trinajstić information content (AvgIpc) is 2.45. The lowest BCUT2D eigenvalue weighted by molar-refractivity contribution is -0.136. The van der Waals surface area contributed by atoms with E-state index < -0.39 is 5.97 Å². The Kier molecular flexibility index (Phi) is 4.14. The molecular formula is C14H14N2O4. The van der Waals surface area contributed by atoms with Crippen LogP contribution in [-0.2, 0) is 11.2 Å². The first-order valence-corrected chi connectivity index (χ1v) is 6.01. The van der Waals surface area contributed by atoms with Gasteiger partial charge in [-0.3, -0.25) is 4.79 Å². The Labute approximate surface area is 115 Å². The molecule has 0 aliphatic rings. The van der Waals surface area contributed by atoms with E-state index in [1.807, 2.05) is 0 Å². The summed E-state index contributed by atoms with van der Waals surface area (Å²) in [5, 5.41) is 17.9. The SMILES string of the molecule is COc1nc(-c2ccc(O)cc2)ncc1CCC(=O)O. The van der Waals surface area contributed by atoms with Crippen LogP contribution in [0.25, 0.3) is 11.4 Å². The van der Waals surface area contributed by atoms with E-state index in [1.54, 1.807) is 30.5 Å². The molecule has 0 saturated carbocycles. The van der Waals surface area contributed by atoms with Crippen molar-refractivity contribution in [2.24, 2.45) is 0 Å². The molecule has 1 heterocycles. The van der Waals surface area contributed by atoms with Crippen LogP contribution in [0.5, 0.6) is 11.6 Å². The third-order valence-corrected chi connectivity index (χ3v) is 2.75. The molecule has 1 aromatic carbocycles. The number of nitrogens with zero attached hydrogens (tertiary/aromatic N) is 2. The summed E-state index contributed by atoms with van der Waals surface area (Å²) >= 11 is 0. The van der Waals surface area contributed by atoms with Crippen molar-refractivity contribution >= 4 is 5.97 Å². The molecule has 0 unspecified atom stereocenters. The van der Waals surface area contributed by atoms with Crippen molar-refractivity contribution < 1.29 is 19.7 Å². The number of rotatable bonds is 5. The Balaban J connectivity index is 2.28. The molecule has 6 nitrogen and oxygen atoms in total. The van der Waals surface area contributed by atoms with Gasteiger partial charge in [-0.25, -0.2) is 4.98 Å². The van der Waals surface area contributed by atoms with Gasteiger partial charge in [0.1, 0.15) is 5.75 Å². The molecule has 0 saturated heterocycles. The molecule has 0 fully saturated rings. The van der Waals surface area contributed by atoms with Crippen LogP contribution in [0.2, 0.25) is 0 Å². The smallest absolute Gasteiger partial charge is 0.303 e. The molecule has 0 radical (unpaired) electrons. The number of carboxylic acids is 1. The van der Waals surface area contributed by atoms with Gasteiger partial charge in [0, 0.05) is 23.7 Å². The fraction of sp³-hybridized carbons (Fsp3) is 0.214. The highest BCUT2D eigenvalue weighted by atomic mass is 16.5. The molecule has 0 aliphatic heterocycles. The summed E-state index contributed by atoms with van der Waals surface area (Å²) < 4.78 is 5.17. The molecule has 0 spiro atoms. The molecule has 6 heteroatoms. The maximum absolute atomic E-state index is 10.6. The zero-order valence-corrected chi connectivity index (χ0v) is 10.9. The van der Waals surface area contributed by atoms with Crippen molar-refractivity contribution in [2.45, 2.75) is 12.8 Å². The fourth-order valence-electron chi connectivity index (χ4n) is 1.73. The molecule has 104 valence electrons. The van der Waals surface area contributed by atoms with Crippen molar-refractivity contribution in [1.29, 1.82) is 0 Å². The largest absolute Gasteiger partial charge is 0.508 e. The molecule has 0 atom stereocenters. The third kappa shape index (κ3) is 3.23. The van der Waals surface area contributed by atoms with Gasteiger partial charge in [-0.2, -0.15) is 4.98 Å². The summed E-state index contributed by atoms with van der Waals surface area (Å²) in [6.45, 7) is 0. The third-order valence-electron chi connectivity index (χ3n) is 2.75. The summed E-state index contributed by atoms with van der Waals surface area (Å²) in [7, 11) is 1.48. The van der Waals surface area contributed by atoms with Crippen LogP contribution < -0.4 is 4.74 Å². The van der Waals surface area contributed by atoms with Gasteiger partial charge < -0.3 is 14.9 Å². The normalized spacial score (nSPS) is 10.2. The van der Waals surface area contributed by atoms with Gasteiger partial charge in [0.25, 0.3) is 0 Å². The lowest BCUT2D eigenvalue weighted by atomic mass is 10.1. The maximum Gasteiger partial charge on any atom is 0.303 e. The minimum absolute atomic E-state index is 0.00171. The lowest BCUT2D eigenvalue weighted by Gasteiger charge is -2.08. The number of aromatic nitrogens is 2. The van der Waals surface area contributed by atoms with Crippen molar-refractivity contribution in [3.8, 4) is 23.0 Å². The van der Waals surface area contributed by atoms with Crippen LogP contribution in [0.3, 0.4) is 0 Å². The van der Waals surface area contributed by atoms with Crippen molar-refractivity contribution in [2.75, 3.05) is 7.11 Å². The van der Waals surface area contributed by atoms with Gasteiger partial charge in [-0.05, 0) is 30.7 Å². The van der Waals surface area contributed by atoms with Gasteiger partial charge in [0.05, 0.1) is 7.11 Å². The number of carboxylic acid groups (broad SMARTS) is 1. The Morgan fingerprint density at radius 1 is 1.30 bits per heavy atom. The number of phenolic OH excluding ortho intramolecular Hbond substituents is 1. The predicted octanol–water partition coefficient (Wildman–Crippen LogP) is 1.87. The van der Waals surface area contributed by atoms with E-state index in [0.717, 1.165) is 5.56 Å². The fourth-order valence-corrected chi connectivity index (χ4v) is 1.73. The number of hydrogen-bond acceptors (Lipinski definition) is 5. The Bertz CT molecular complexity index is 611. The Morgan fingerprint density at radius 3 is 2.60 bits per heavy atom. The summed E-state index contributed by atoms with van der Waals surface area (Å²) in [5.74, 6) is 0.110. The number of carbonyl (C=O) groups is 1. The zero-order chi connectivity index (χ0) is 14.5. The molecule has 0 amide bonds. The van der Waals surface area contributed by atoms with Crippen LogP contribution in [0.15, 0.2) is 30.5 Å². The average molecular weight is 274 g/mol. The second kappa shape index (κ2) is 6.01. The summed E-state index contributed by atoms with van der Waals surface area (Å²) in [5.41, 5.74) is 1.39. The van der Waals surface area contributed by atoms with E-state index in [2.05, 4.69) is 9.97 Å². The van der Waals surface area contributed by atoms with E-state index >= 15 is 0 Å². The number of phenols is 1. The molecule has 0 bridgehead atoms. The number of aliphatic carboxylic acids is 1. The highest BCUT2D eigenvalue weighted by Crippen LogP contribution is 2.23. The van der Waals surface area contributed by atoms with Gasteiger partial charge in [0.15, 0.2) is 5.82 Å². The highest BCUT2D eigenvalue weighted by Gasteiger charge is 2.10. The molecule has 2 N–H and O–H groups in total. The van der Waals surface area contributed by atoms with Crippen LogP contribution >= 0.6 is 0 Å². The van der Waals surface area contributed by atoms with Crippen LogP contribution in [0, 0.1) is 0 Å². The predicted molar refractivity (Wildman–Crippen MR) is 71.6 cm³/mol. The molecule has 2 aromatic rings. The van der Waals surface area contributed by atoms with E-state index in [-0.39, 0.29) is 12.2 Å². The van der Waals surface area contributed by atoms with E-state index in [0.29, 0.717) is 23.7 Å². The molecule has 0 aliphatic carbocycles. The van der Waals surface area contributed by atoms with Gasteiger partial charge in [-0.1, -0.05) is 0 Å². The minimum Gasteiger partial charge on any atom is -0.508 e. The number of aromatic hydroxyl groups is 1. The first-order valence-electron chi connectivity index (χ1n) is 6.01. The monoisotopic (exact) mass is 274 g/mol. The molecule has 1 aromatic heterocycles. The van der Waals surface area contributed by atoms with Crippen molar-refractivity contribution in [3.63, 3.8) is 0 Å². The standard InChI is InChI=1S/C14H14N2O4/c1-20-14-10(4-7-12(18)19)8-15-13(16-14)9-2-5-11(17)6-3-9/h2-3,5-6,8,17H,4,7H2,1H3,(H,18,19). The molecule has 2 rings (SSSR count). The van der Waals surface area contributed by atoms with Crippen LogP contribution in [0.1, 0.15) is 12.0 Å². The van der Waals surface area contributed by atoms with Crippen LogP contribution in [0.4, 0.5) is 0 Å². The topological polar surface area (TPSA) is 92.5 Å². The number of hydrogen-bond donors (Lipinski definition) is 2. The first-order chi connectivity index (χ1) is 9.60.